The number of aromatic nitrogens is 4. The molecule has 0 unspecified atom stereocenters. The number of piperidine rings is 1. The molecule has 0 amide bonds. The van der Waals surface area contributed by atoms with Gasteiger partial charge in [0.1, 0.15) is 28.4 Å². The first-order chi connectivity index (χ1) is 28.2. The number of hydrogen-bond acceptors (Lipinski definition) is 10. The van der Waals surface area contributed by atoms with Crippen molar-refractivity contribution in [3.8, 4) is 35.2 Å². The minimum Gasteiger partial charge on any atom is -0.508 e. The highest BCUT2D eigenvalue weighted by Crippen LogP contribution is 2.49. The highest BCUT2D eigenvalue weighted by molar-refractivity contribution is 6.18. The molecule has 5 aromatic rings. The van der Waals surface area contributed by atoms with Gasteiger partial charge in [-0.1, -0.05) is 12.0 Å². The number of phenols is 1. The van der Waals surface area contributed by atoms with E-state index >= 15 is 8.78 Å². The number of nitrogens with zero attached hydrogens (tertiary/aromatic N) is 7. The first-order valence-corrected chi connectivity index (χ1v) is 21.1. The number of piperazine rings is 1. The quantitative estimate of drug-likeness (QED) is 0.169. The molecule has 3 aromatic carbocycles. The topological polar surface area (TPSA) is 101 Å². The Bertz CT molecular complexity index is 2480. The average Bonchev–Trinajstić information content (AvgIpc) is 3.46. The van der Waals surface area contributed by atoms with Crippen LogP contribution in [0.15, 0.2) is 30.5 Å². The third-order valence-electron chi connectivity index (χ3n) is 14.1. The molecule has 2 atom stereocenters. The van der Waals surface area contributed by atoms with Gasteiger partial charge in [-0.3, -0.25) is 9.58 Å². The number of halogens is 2. The van der Waals surface area contributed by atoms with Crippen molar-refractivity contribution < 1.29 is 28.1 Å². The van der Waals surface area contributed by atoms with Crippen LogP contribution < -0.4 is 9.64 Å². The maximum Gasteiger partial charge on any atom is 0.319 e. The van der Waals surface area contributed by atoms with Crippen LogP contribution in [0, 0.1) is 35.3 Å². The summed E-state index contributed by atoms with van der Waals surface area (Å²) in [6, 6.07) is 6.25. The van der Waals surface area contributed by atoms with Gasteiger partial charge in [-0.15, -0.1) is 6.42 Å². The fraction of sp³-hybridized carbons (Fsp3) is 0.533. The Kier molecular flexibility index (Phi) is 8.63. The molecule has 2 aromatic heterocycles. The second-order valence-corrected chi connectivity index (χ2v) is 18.1. The van der Waals surface area contributed by atoms with Crippen molar-refractivity contribution in [3.63, 3.8) is 0 Å². The molecule has 2 bridgehead atoms. The van der Waals surface area contributed by atoms with Crippen LogP contribution in [0.2, 0.25) is 0 Å². The molecule has 1 aliphatic carbocycles. The highest BCUT2D eigenvalue weighted by Gasteiger charge is 2.48. The lowest BCUT2D eigenvalue weighted by Gasteiger charge is -2.44. The molecule has 58 heavy (non-hydrogen) atoms. The van der Waals surface area contributed by atoms with E-state index in [0.29, 0.717) is 45.4 Å². The van der Waals surface area contributed by atoms with Crippen LogP contribution in [0.4, 0.5) is 14.6 Å². The SMILES string of the molecule is C#Cc1c(F)ccc2cc(O)cc(-c3c(F)c4nc(OCC5(CN6CCC7(CCCO7)CC6)CC5)nc(N5[C@@H]6CC[C@H]5CN(CC5COC5)C6)c4c4cn(C)nc34)c12. The number of hydrogen-bond donors (Lipinski definition) is 1. The molecule has 302 valence electrons. The van der Waals surface area contributed by atoms with E-state index in [-0.39, 0.29) is 57.1 Å². The molecule has 1 spiro atoms. The Balaban J connectivity index is 1.02. The van der Waals surface area contributed by atoms with Gasteiger partial charge in [0, 0.05) is 98.9 Å². The first-order valence-electron chi connectivity index (χ1n) is 21.1. The van der Waals surface area contributed by atoms with Gasteiger partial charge in [-0.05, 0) is 80.5 Å². The van der Waals surface area contributed by atoms with Crippen LogP contribution in [-0.2, 0) is 16.5 Å². The Morgan fingerprint density at radius 1 is 0.983 bits per heavy atom. The van der Waals surface area contributed by atoms with Gasteiger partial charge in [0.25, 0.3) is 0 Å². The van der Waals surface area contributed by atoms with Gasteiger partial charge in [0.05, 0.1) is 36.4 Å². The standard InChI is InChI=1S/C45H49F2N7O4/c1-3-32-35(46)8-5-28-17-31(55)18-33(36(28)32)37-39(47)41-38(34-22-51(2)50-40(34)37)42(54-29-6-7-30(54)21-53(20-29)19-27-23-56-24-27)49-43(48-41)57-26-44(10-11-44)25-52-14-12-45(13-15-52)9-4-16-58-45/h1,5,8,17-18,22,27,29-30,55H,4,6-7,9-16,19-21,23-26H2,2H3/t29-,30+. The molecule has 13 heteroatoms. The van der Waals surface area contributed by atoms with Crippen LogP contribution in [-0.4, -0.2) is 118 Å². The van der Waals surface area contributed by atoms with Crippen molar-refractivity contribution in [2.75, 3.05) is 70.6 Å². The minimum absolute atomic E-state index is 0.0113. The van der Waals surface area contributed by atoms with Crippen molar-refractivity contribution >= 4 is 38.4 Å². The Morgan fingerprint density at radius 2 is 1.78 bits per heavy atom. The largest absolute Gasteiger partial charge is 0.508 e. The molecular weight excluding hydrogens is 741 g/mol. The summed E-state index contributed by atoms with van der Waals surface area (Å²) in [5.41, 5.74) is 0.823. The lowest BCUT2D eigenvalue weighted by atomic mass is 9.88. The monoisotopic (exact) mass is 789 g/mol. The number of benzene rings is 3. The fourth-order valence-corrected chi connectivity index (χ4v) is 10.9. The summed E-state index contributed by atoms with van der Waals surface area (Å²) < 4.78 is 53.2. The molecule has 0 radical (unpaired) electrons. The third kappa shape index (κ3) is 6.09. The van der Waals surface area contributed by atoms with Crippen LogP contribution in [0.25, 0.3) is 43.7 Å². The predicted molar refractivity (Wildman–Crippen MR) is 217 cm³/mol. The molecule has 7 heterocycles. The Morgan fingerprint density at radius 3 is 2.47 bits per heavy atom. The van der Waals surface area contributed by atoms with E-state index < -0.39 is 11.6 Å². The molecule has 6 fully saturated rings. The van der Waals surface area contributed by atoms with Gasteiger partial charge < -0.3 is 29.1 Å². The normalized spacial score (nSPS) is 24.3. The molecule has 11 nitrogen and oxygen atoms in total. The zero-order chi connectivity index (χ0) is 39.3. The summed E-state index contributed by atoms with van der Waals surface area (Å²) in [5.74, 6) is 2.33. The van der Waals surface area contributed by atoms with E-state index in [1.54, 1.807) is 17.8 Å². The summed E-state index contributed by atoms with van der Waals surface area (Å²) in [7, 11) is 1.79. The maximum atomic E-state index is 17.9. The fourth-order valence-electron chi connectivity index (χ4n) is 10.9. The molecular formula is C45H49F2N7O4. The Labute approximate surface area is 336 Å². The molecule has 5 aliphatic heterocycles. The molecule has 11 rings (SSSR count). The van der Waals surface area contributed by atoms with Crippen LogP contribution >= 0.6 is 0 Å². The van der Waals surface area contributed by atoms with Gasteiger partial charge in [-0.2, -0.15) is 15.1 Å². The smallest absolute Gasteiger partial charge is 0.319 e. The summed E-state index contributed by atoms with van der Waals surface area (Å²) in [5, 5.41) is 17.8. The number of likely N-dealkylation sites (tertiary alicyclic amines) is 2. The van der Waals surface area contributed by atoms with Gasteiger partial charge in [0.15, 0.2) is 5.82 Å². The van der Waals surface area contributed by atoms with E-state index in [1.165, 1.54) is 18.2 Å². The van der Waals surface area contributed by atoms with E-state index in [4.69, 9.17) is 35.7 Å². The molecule has 1 saturated carbocycles. The number of aromatic hydroxyl groups is 1. The number of fused-ring (bicyclic) bond motifs is 6. The van der Waals surface area contributed by atoms with Gasteiger partial charge >= 0.3 is 6.01 Å². The molecule has 5 saturated heterocycles. The molecule has 6 aliphatic rings. The predicted octanol–water partition coefficient (Wildman–Crippen LogP) is 6.41. The number of terminal acetylenes is 1. The van der Waals surface area contributed by atoms with Crippen molar-refractivity contribution in [1.29, 1.82) is 0 Å². The average molecular weight is 790 g/mol. The van der Waals surface area contributed by atoms with Crippen molar-refractivity contribution in [2.45, 2.75) is 69.1 Å². The summed E-state index contributed by atoms with van der Waals surface area (Å²) in [4.78, 5) is 17.6. The van der Waals surface area contributed by atoms with Crippen LogP contribution in [0.1, 0.15) is 56.9 Å². The van der Waals surface area contributed by atoms with Gasteiger partial charge in [-0.25, -0.2) is 8.78 Å². The zero-order valence-corrected chi connectivity index (χ0v) is 33.0. The zero-order valence-electron chi connectivity index (χ0n) is 33.0. The summed E-state index contributed by atoms with van der Waals surface area (Å²) in [6.07, 6.45) is 16.3. The lowest BCUT2D eigenvalue weighted by molar-refractivity contribution is -0.0484. The number of ether oxygens (including phenoxy) is 3. The van der Waals surface area contributed by atoms with E-state index in [9.17, 15) is 5.11 Å². The van der Waals surface area contributed by atoms with Crippen molar-refractivity contribution in [1.82, 2.24) is 29.5 Å². The summed E-state index contributed by atoms with van der Waals surface area (Å²) in [6.45, 7) is 8.69. The van der Waals surface area contributed by atoms with Crippen molar-refractivity contribution in [2.24, 2.45) is 18.4 Å². The van der Waals surface area contributed by atoms with Gasteiger partial charge in [0.2, 0.25) is 0 Å². The lowest BCUT2D eigenvalue weighted by Crippen LogP contribution is -2.56. The third-order valence-corrected chi connectivity index (χ3v) is 14.1. The second-order valence-electron chi connectivity index (χ2n) is 18.1. The van der Waals surface area contributed by atoms with Crippen molar-refractivity contribution in [3.05, 3.63) is 47.7 Å². The number of rotatable bonds is 9. The maximum absolute atomic E-state index is 17.9. The second kappa shape index (κ2) is 13.7. The minimum atomic E-state index is -0.651. The molecule has 1 N–H and O–H groups in total. The first kappa shape index (κ1) is 36.5. The number of anilines is 1. The Hall–Kier alpha value is -4.61. The summed E-state index contributed by atoms with van der Waals surface area (Å²) >= 11 is 0. The number of aryl methyl sites for hydroxylation is 1. The van der Waals surface area contributed by atoms with Crippen LogP contribution in [0.3, 0.4) is 0 Å². The van der Waals surface area contributed by atoms with E-state index in [2.05, 4.69) is 20.6 Å². The van der Waals surface area contributed by atoms with E-state index in [0.717, 1.165) is 110 Å². The highest BCUT2D eigenvalue weighted by atomic mass is 19.1. The van der Waals surface area contributed by atoms with E-state index in [1.807, 2.05) is 6.20 Å². The number of phenolic OH excluding ortho intramolecular Hbond substituents is 1. The van der Waals surface area contributed by atoms with Crippen LogP contribution in [0.5, 0.6) is 11.8 Å².